The summed E-state index contributed by atoms with van der Waals surface area (Å²) in [5.41, 5.74) is 7.23. The average molecular weight is 545 g/mol. The Morgan fingerprint density at radius 2 is 1.18 bits per heavy atom. The van der Waals surface area contributed by atoms with Crippen LogP contribution in [0.1, 0.15) is 16.7 Å². The molecule has 4 aromatic carbocycles. The molecule has 2 heterocycles. The molecular formula is C34H29ClN4O. The Bertz CT molecular complexity index is 1630. The van der Waals surface area contributed by atoms with E-state index >= 15 is 0 Å². The quantitative estimate of drug-likeness (QED) is 0.163. The molecule has 6 rings (SSSR count). The van der Waals surface area contributed by atoms with Gasteiger partial charge in [0.1, 0.15) is 17.8 Å². The maximum atomic E-state index is 6.64. The van der Waals surface area contributed by atoms with Crippen LogP contribution < -0.4 is 4.90 Å². The number of halogens is 1. The number of fused-ring (bicyclic) bond motifs is 1. The van der Waals surface area contributed by atoms with E-state index in [4.69, 9.17) is 26.3 Å². The highest BCUT2D eigenvalue weighted by molar-refractivity contribution is 6.29. The van der Waals surface area contributed by atoms with Gasteiger partial charge in [-0.1, -0.05) is 121 Å². The van der Waals surface area contributed by atoms with Crippen molar-refractivity contribution in [1.82, 2.24) is 14.5 Å². The molecule has 0 aliphatic rings. The molecule has 40 heavy (non-hydrogen) atoms. The first-order valence-corrected chi connectivity index (χ1v) is 13.7. The summed E-state index contributed by atoms with van der Waals surface area (Å²) in [6.07, 6.45) is 2.10. The lowest BCUT2D eigenvalue weighted by Crippen LogP contribution is -2.24. The maximum absolute atomic E-state index is 6.64. The van der Waals surface area contributed by atoms with Gasteiger partial charge < -0.3 is 14.2 Å². The molecule has 0 spiro atoms. The monoisotopic (exact) mass is 544 g/mol. The third kappa shape index (κ3) is 5.91. The topological polar surface area (TPSA) is 43.2 Å². The molecule has 198 valence electrons. The summed E-state index contributed by atoms with van der Waals surface area (Å²) >= 11 is 6.64. The predicted octanol–water partition coefficient (Wildman–Crippen LogP) is 8.13. The van der Waals surface area contributed by atoms with E-state index in [9.17, 15) is 0 Å². The summed E-state index contributed by atoms with van der Waals surface area (Å²) in [7, 11) is 0. The fourth-order valence-electron chi connectivity index (χ4n) is 4.95. The van der Waals surface area contributed by atoms with E-state index in [1.165, 1.54) is 11.1 Å². The van der Waals surface area contributed by atoms with Gasteiger partial charge in [-0.2, -0.15) is 4.98 Å². The smallest absolute Gasteiger partial charge is 0.225 e. The van der Waals surface area contributed by atoms with Crippen LogP contribution in [0, 0.1) is 0 Å². The molecule has 0 saturated carbocycles. The zero-order valence-electron chi connectivity index (χ0n) is 22.0. The Morgan fingerprint density at radius 3 is 1.75 bits per heavy atom. The Hall–Kier alpha value is -4.45. The van der Waals surface area contributed by atoms with Crippen molar-refractivity contribution in [3.63, 3.8) is 0 Å². The molecule has 0 N–H and O–H groups in total. The van der Waals surface area contributed by atoms with Gasteiger partial charge in [-0.15, -0.1) is 0 Å². The van der Waals surface area contributed by atoms with E-state index < -0.39 is 0 Å². The van der Waals surface area contributed by atoms with Crippen molar-refractivity contribution in [2.24, 2.45) is 0 Å². The third-order valence-electron chi connectivity index (χ3n) is 6.82. The minimum atomic E-state index is 0.216. The van der Waals surface area contributed by atoms with Gasteiger partial charge in [0.2, 0.25) is 5.28 Å². The highest BCUT2D eigenvalue weighted by Crippen LogP contribution is 2.36. The Morgan fingerprint density at radius 1 is 0.650 bits per heavy atom. The molecule has 0 atom stereocenters. The molecule has 0 saturated heterocycles. The van der Waals surface area contributed by atoms with Crippen molar-refractivity contribution in [1.29, 1.82) is 0 Å². The molecule has 0 radical (unpaired) electrons. The lowest BCUT2D eigenvalue weighted by molar-refractivity contribution is 0.0668. The molecule has 0 aliphatic heterocycles. The van der Waals surface area contributed by atoms with Crippen LogP contribution in [0.2, 0.25) is 5.28 Å². The molecule has 2 aromatic heterocycles. The molecule has 0 bridgehead atoms. The normalized spacial score (nSPS) is 11.1. The molecule has 6 aromatic rings. The minimum Gasteiger partial charge on any atom is -0.356 e. The largest absolute Gasteiger partial charge is 0.356 e. The van der Waals surface area contributed by atoms with Gasteiger partial charge in [0, 0.05) is 24.8 Å². The number of anilines is 1. The van der Waals surface area contributed by atoms with Gasteiger partial charge in [0.15, 0.2) is 5.82 Å². The number of ether oxygens (including phenoxy) is 1. The highest BCUT2D eigenvalue weighted by atomic mass is 35.5. The van der Waals surface area contributed by atoms with Gasteiger partial charge in [-0.3, -0.25) is 0 Å². The van der Waals surface area contributed by atoms with Crippen molar-refractivity contribution < 1.29 is 4.74 Å². The van der Waals surface area contributed by atoms with Gasteiger partial charge in [-0.05, 0) is 33.9 Å². The Balaban J connectivity index is 1.47. The number of hydrogen-bond donors (Lipinski definition) is 0. The Labute approximate surface area is 239 Å². The van der Waals surface area contributed by atoms with Crippen LogP contribution in [0.3, 0.4) is 0 Å². The average Bonchev–Trinajstić information content (AvgIpc) is 3.36. The zero-order valence-corrected chi connectivity index (χ0v) is 22.8. The number of benzene rings is 4. The zero-order chi connectivity index (χ0) is 27.1. The SMILES string of the molecule is Clc1nc(N(Cc2ccccc2)Cc2ccccc2)c2c(n1)c(-c1ccccc1)cn2COCc1ccccc1. The molecule has 0 unspecified atom stereocenters. The van der Waals surface area contributed by atoms with Crippen molar-refractivity contribution in [3.05, 3.63) is 149 Å². The lowest BCUT2D eigenvalue weighted by atomic mass is 10.1. The summed E-state index contributed by atoms with van der Waals surface area (Å²) < 4.78 is 8.33. The first kappa shape index (κ1) is 25.8. The molecule has 5 nitrogen and oxygen atoms in total. The van der Waals surface area contributed by atoms with Crippen molar-refractivity contribution in [3.8, 4) is 11.1 Å². The van der Waals surface area contributed by atoms with Crippen LogP contribution in [0.25, 0.3) is 22.2 Å². The predicted molar refractivity (Wildman–Crippen MR) is 162 cm³/mol. The molecule has 0 fully saturated rings. The maximum Gasteiger partial charge on any atom is 0.225 e. The van der Waals surface area contributed by atoms with Crippen LogP contribution in [-0.4, -0.2) is 14.5 Å². The molecular weight excluding hydrogens is 516 g/mol. The summed E-state index contributed by atoms with van der Waals surface area (Å²) in [6, 6.07) is 41.3. The second-order valence-corrected chi connectivity index (χ2v) is 10.0. The van der Waals surface area contributed by atoms with E-state index in [0.717, 1.165) is 33.5 Å². The molecule has 6 heteroatoms. The summed E-state index contributed by atoms with van der Waals surface area (Å²) in [5.74, 6) is 0.771. The van der Waals surface area contributed by atoms with E-state index in [0.29, 0.717) is 26.4 Å². The molecule has 0 amide bonds. The lowest BCUT2D eigenvalue weighted by Gasteiger charge is -2.25. The van der Waals surface area contributed by atoms with Crippen molar-refractivity contribution in [2.45, 2.75) is 26.4 Å². The fraction of sp³-hybridized carbons (Fsp3) is 0.118. The Kier molecular flexibility index (Phi) is 7.85. The van der Waals surface area contributed by atoms with Gasteiger partial charge in [-0.25, -0.2) is 4.98 Å². The number of hydrogen-bond acceptors (Lipinski definition) is 4. The number of nitrogens with zero attached hydrogens (tertiary/aromatic N) is 4. The fourth-order valence-corrected chi connectivity index (χ4v) is 5.12. The highest BCUT2D eigenvalue weighted by Gasteiger charge is 2.22. The summed E-state index contributed by atoms with van der Waals surface area (Å²) in [5, 5.41) is 0.216. The standard InChI is InChI=1S/C34H29ClN4O/c35-34-36-31-30(29-19-11-4-12-20-29)23-39(25-40-24-28-17-9-3-10-18-28)32(31)33(37-34)38(21-26-13-5-1-6-14-26)22-27-15-7-2-8-16-27/h1-20,23H,21-22,24-25H2. The number of rotatable bonds is 10. The van der Waals surface area contributed by atoms with Crippen LogP contribution in [0.15, 0.2) is 128 Å². The van der Waals surface area contributed by atoms with Crippen LogP contribution in [-0.2, 0) is 31.2 Å². The van der Waals surface area contributed by atoms with E-state index in [1.807, 2.05) is 48.5 Å². The van der Waals surface area contributed by atoms with Gasteiger partial charge in [0.25, 0.3) is 0 Å². The van der Waals surface area contributed by atoms with Crippen LogP contribution in [0.4, 0.5) is 5.82 Å². The first-order valence-electron chi connectivity index (χ1n) is 13.3. The van der Waals surface area contributed by atoms with Crippen LogP contribution in [0.5, 0.6) is 0 Å². The van der Waals surface area contributed by atoms with Gasteiger partial charge in [0.05, 0.1) is 6.61 Å². The second kappa shape index (κ2) is 12.2. The first-order chi connectivity index (χ1) is 19.7. The van der Waals surface area contributed by atoms with E-state index in [-0.39, 0.29) is 5.28 Å². The van der Waals surface area contributed by atoms with Crippen molar-refractivity contribution >= 4 is 28.5 Å². The molecule has 0 aliphatic carbocycles. The van der Waals surface area contributed by atoms with Crippen LogP contribution >= 0.6 is 11.6 Å². The van der Waals surface area contributed by atoms with E-state index in [1.54, 1.807) is 0 Å². The summed E-state index contributed by atoms with van der Waals surface area (Å²) in [4.78, 5) is 11.8. The second-order valence-electron chi connectivity index (χ2n) is 9.68. The number of aromatic nitrogens is 3. The minimum absolute atomic E-state index is 0.216. The van der Waals surface area contributed by atoms with Crippen molar-refractivity contribution in [2.75, 3.05) is 4.90 Å². The summed E-state index contributed by atoms with van der Waals surface area (Å²) in [6.45, 7) is 2.17. The third-order valence-corrected chi connectivity index (χ3v) is 6.99. The van der Waals surface area contributed by atoms with Gasteiger partial charge >= 0.3 is 0 Å². The van der Waals surface area contributed by atoms with E-state index in [2.05, 4.69) is 88.5 Å².